The van der Waals surface area contributed by atoms with Gasteiger partial charge in [-0.15, -0.1) is 11.3 Å². The molecule has 0 aliphatic carbocycles. The maximum absolute atomic E-state index is 12.8. The predicted octanol–water partition coefficient (Wildman–Crippen LogP) is 5.18. The van der Waals surface area contributed by atoms with Crippen LogP contribution in [0.5, 0.6) is 11.5 Å². The summed E-state index contributed by atoms with van der Waals surface area (Å²) in [5, 5.41) is 5.29. The highest BCUT2D eigenvalue weighted by Gasteiger charge is 2.15. The Morgan fingerprint density at radius 3 is 2.60 bits per heavy atom. The number of carbonyl (C=O) groups is 1. The lowest BCUT2D eigenvalue weighted by molar-refractivity contribution is 0.102. The first-order valence-corrected chi connectivity index (χ1v) is 10.2. The van der Waals surface area contributed by atoms with Crippen molar-refractivity contribution < 1.29 is 14.3 Å². The number of amides is 1. The van der Waals surface area contributed by atoms with Crippen LogP contribution in [0.15, 0.2) is 66.3 Å². The molecule has 0 bridgehead atoms. The van der Waals surface area contributed by atoms with Gasteiger partial charge in [-0.25, -0.2) is 4.98 Å². The van der Waals surface area contributed by atoms with Crippen molar-refractivity contribution in [3.8, 4) is 28.4 Å². The Balaban J connectivity index is 1.58. The van der Waals surface area contributed by atoms with Crippen LogP contribution in [0.3, 0.4) is 0 Å². The summed E-state index contributed by atoms with van der Waals surface area (Å²) in [4.78, 5) is 17.4. The second-order valence-electron chi connectivity index (χ2n) is 6.65. The predicted molar refractivity (Wildman–Crippen MR) is 119 cm³/mol. The molecule has 30 heavy (non-hydrogen) atoms. The zero-order valence-corrected chi connectivity index (χ0v) is 17.7. The van der Waals surface area contributed by atoms with Gasteiger partial charge in [-0.05, 0) is 55.0 Å². The Morgan fingerprint density at radius 2 is 1.87 bits per heavy atom. The summed E-state index contributed by atoms with van der Waals surface area (Å²) in [6.45, 7) is 2.02. The van der Waals surface area contributed by atoms with E-state index in [-0.39, 0.29) is 5.91 Å². The number of carbonyl (C=O) groups excluding carboxylic acids is 1. The van der Waals surface area contributed by atoms with Crippen molar-refractivity contribution >= 4 is 22.4 Å². The van der Waals surface area contributed by atoms with Crippen LogP contribution in [0.1, 0.15) is 15.9 Å². The maximum atomic E-state index is 12.8. The molecule has 0 radical (unpaired) electrons. The van der Waals surface area contributed by atoms with Crippen molar-refractivity contribution in [3.05, 3.63) is 77.4 Å². The van der Waals surface area contributed by atoms with Gasteiger partial charge in [-0.2, -0.15) is 0 Å². The van der Waals surface area contributed by atoms with Crippen LogP contribution in [-0.2, 0) is 0 Å². The number of nitrogens with one attached hydrogen (secondary N) is 1. The first-order chi connectivity index (χ1) is 14.6. The number of hydrogen-bond acceptors (Lipinski definition) is 5. The fourth-order valence-corrected chi connectivity index (χ4v) is 3.87. The summed E-state index contributed by atoms with van der Waals surface area (Å²) in [7, 11) is 3.22. The third kappa shape index (κ3) is 3.92. The molecule has 2 aromatic carbocycles. The van der Waals surface area contributed by atoms with Crippen LogP contribution < -0.4 is 14.8 Å². The minimum atomic E-state index is -0.207. The van der Waals surface area contributed by atoms with Gasteiger partial charge in [0.25, 0.3) is 5.91 Å². The van der Waals surface area contributed by atoms with Crippen LogP contribution in [0, 0.1) is 6.92 Å². The molecule has 7 heteroatoms. The summed E-state index contributed by atoms with van der Waals surface area (Å²) in [5.74, 6) is 1.19. The fraction of sp³-hybridized carbons (Fsp3) is 0.130. The Hall–Kier alpha value is -3.58. The molecule has 0 aliphatic heterocycles. The van der Waals surface area contributed by atoms with E-state index in [4.69, 9.17) is 9.47 Å². The summed E-state index contributed by atoms with van der Waals surface area (Å²) in [6.07, 6.45) is 3.91. The SMILES string of the molecule is COc1ccc(OC)c(-c2csc(NC(=O)c3ccc(C)c(-n4cccc4)c3)n2)c1. The van der Waals surface area contributed by atoms with E-state index in [0.717, 1.165) is 16.8 Å². The van der Waals surface area contributed by atoms with Crippen molar-refractivity contribution in [2.24, 2.45) is 0 Å². The molecule has 4 aromatic rings. The molecule has 0 atom stereocenters. The summed E-state index contributed by atoms with van der Waals surface area (Å²) >= 11 is 1.36. The average Bonchev–Trinajstić information content (AvgIpc) is 3.46. The van der Waals surface area contributed by atoms with Crippen molar-refractivity contribution in [1.82, 2.24) is 9.55 Å². The molecule has 2 heterocycles. The number of methoxy groups -OCH3 is 2. The second-order valence-corrected chi connectivity index (χ2v) is 7.51. The minimum Gasteiger partial charge on any atom is -0.497 e. The zero-order chi connectivity index (χ0) is 21.1. The molecule has 2 aromatic heterocycles. The van der Waals surface area contributed by atoms with E-state index >= 15 is 0 Å². The van der Waals surface area contributed by atoms with Crippen molar-refractivity contribution in [1.29, 1.82) is 0 Å². The van der Waals surface area contributed by atoms with Crippen LogP contribution >= 0.6 is 11.3 Å². The van der Waals surface area contributed by atoms with E-state index in [1.165, 1.54) is 11.3 Å². The monoisotopic (exact) mass is 419 g/mol. The molecule has 1 N–H and O–H groups in total. The summed E-state index contributed by atoms with van der Waals surface area (Å²) in [6, 6.07) is 15.1. The van der Waals surface area contributed by atoms with Gasteiger partial charge in [0, 0.05) is 34.6 Å². The summed E-state index contributed by atoms with van der Waals surface area (Å²) < 4.78 is 12.7. The van der Waals surface area contributed by atoms with Gasteiger partial charge in [0.2, 0.25) is 0 Å². The number of anilines is 1. The molecular weight excluding hydrogens is 398 g/mol. The first-order valence-electron chi connectivity index (χ1n) is 9.32. The van der Waals surface area contributed by atoms with Gasteiger partial charge in [0.1, 0.15) is 11.5 Å². The Bertz CT molecular complexity index is 1180. The van der Waals surface area contributed by atoms with Crippen molar-refractivity contribution in [3.63, 3.8) is 0 Å². The molecule has 0 unspecified atom stereocenters. The lowest BCUT2D eigenvalue weighted by Gasteiger charge is -2.10. The average molecular weight is 420 g/mol. The zero-order valence-electron chi connectivity index (χ0n) is 16.9. The summed E-state index contributed by atoms with van der Waals surface area (Å²) in [5.41, 5.74) is 4.14. The highest BCUT2D eigenvalue weighted by Crippen LogP contribution is 2.35. The second kappa shape index (κ2) is 8.42. The molecule has 0 fully saturated rings. The van der Waals surface area contributed by atoms with Gasteiger partial charge in [0.05, 0.1) is 19.9 Å². The van der Waals surface area contributed by atoms with Gasteiger partial charge < -0.3 is 14.0 Å². The van der Waals surface area contributed by atoms with Crippen LogP contribution in [-0.4, -0.2) is 29.7 Å². The third-order valence-corrected chi connectivity index (χ3v) is 5.52. The number of thiazole rings is 1. The van der Waals surface area contributed by atoms with E-state index in [1.54, 1.807) is 14.2 Å². The number of aromatic nitrogens is 2. The normalized spacial score (nSPS) is 10.6. The van der Waals surface area contributed by atoms with E-state index in [9.17, 15) is 4.79 Å². The largest absolute Gasteiger partial charge is 0.497 e. The molecular formula is C23H21N3O3S. The van der Waals surface area contributed by atoms with Crippen LogP contribution in [0.2, 0.25) is 0 Å². The topological polar surface area (TPSA) is 65.4 Å². The quantitative estimate of drug-likeness (QED) is 0.468. The molecule has 0 spiro atoms. The van der Waals surface area contributed by atoms with Crippen LogP contribution in [0.4, 0.5) is 5.13 Å². The molecule has 152 valence electrons. The number of hydrogen-bond donors (Lipinski definition) is 1. The van der Waals surface area contributed by atoms with E-state index in [2.05, 4.69) is 10.3 Å². The molecule has 0 saturated carbocycles. The van der Waals surface area contributed by atoms with Crippen molar-refractivity contribution in [2.75, 3.05) is 19.5 Å². The van der Waals surface area contributed by atoms with Gasteiger partial charge in [0.15, 0.2) is 5.13 Å². The van der Waals surface area contributed by atoms with Crippen molar-refractivity contribution in [2.45, 2.75) is 6.92 Å². The standard InChI is InChI=1S/C23H21N3O3S/c1-15-6-7-16(12-20(15)26-10-4-5-11-26)22(27)25-23-24-19(14-30-23)18-13-17(28-2)8-9-21(18)29-3/h4-14H,1-3H3,(H,24,25,27). The van der Waals surface area contributed by atoms with E-state index in [0.29, 0.717) is 27.9 Å². The Labute approximate surface area is 178 Å². The molecule has 4 rings (SSSR count). The molecule has 6 nitrogen and oxygen atoms in total. The number of ether oxygens (including phenoxy) is 2. The molecule has 0 aliphatic rings. The fourth-order valence-electron chi connectivity index (χ4n) is 3.16. The number of benzene rings is 2. The Kier molecular flexibility index (Phi) is 5.54. The maximum Gasteiger partial charge on any atom is 0.257 e. The highest BCUT2D eigenvalue weighted by atomic mass is 32.1. The molecule has 0 saturated heterocycles. The smallest absolute Gasteiger partial charge is 0.257 e. The lowest BCUT2D eigenvalue weighted by Crippen LogP contribution is -2.12. The van der Waals surface area contributed by atoms with Gasteiger partial charge in [-0.1, -0.05) is 6.07 Å². The number of nitrogens with zero attached hydrogens (tertiary/aromatic N) is 2. The Morgan fingerprint density at radius 1 is 1.07 bits per heavy atom. The highest BCUT2D eigenvalue weighted by molar-refractivity contribution is 7.14. The number of rotatable bonds is 6. The lowest BCUT2D eigenvalue weighted by atomic mass is 10.1. The van der Waals surface area contributed by atoms with Gasteiger partial charge >= 0.3 is 0 Å². The van der Waals surface area contributed by atoms with E-state index < -0.39 is 0 Å². The van der Waals surface area contributed by atoms with Gasteiger partial charge in [-0.3, -0.25) is 10.1 Å². The third-order valence-electron chi connectivity index (χ3n) is 4.76. The molecule has 1 amide bonds. The first kappa shape index (κ1) is 19.7. The van der Waals surface area contributed by atoms with E-state index in [1.807, 2.05) is 77.8 Å². The van der Waals surface area contributed by atoms with Crippen LogP contribution in [0.25, 0.3) is 16.9 Å². The number of aryl methyl sites for hydroxylation is 1. The minimum absolute atomic E-state index is 0.207.